The minimum absolute atomic E-state index is 0.101. The van der Waals surface area contributed by atoms with Crippen molar-refractivity contribution >= 4 is 50.8 Å². The monoisotopic (exact) mass is 444 g/mol. The van der Waals surface area contributed by atoms with E-state index >= 15 is 0 Å². The van der Waals surface area contributed by atoms with Gasteiger partial charge in [0.25, 0.3) is 0 Å². The molecule has 4 rings (SSSR count). The van der Waals surface area contributed by atoms with E-state index in [1.165, 1.54) is 42.2 Å². The molecule has 3 aromatic rings. The molecule has 0 saturated carbocycles. The quantitative estimate of drug-likeness (QED) is 0.507. The van der Waals surface area contributed by atoms with Crippen LogP contribution in [-0.4, -0.2) is 42.9 Å². The van der Waals surface area contributed by atoms with Gasteiger partial charge in [0.2, 0.25) is 11.8 Å². The Hall–Kier alpha value is -2.78. The third-order valence-corrected chi connectivity index (χ3v) is 6.92. The van der Waals surface area contributed by atoms with E-state index in [1.807, 2.05) is 25.1 Å². The Bertz CT molecular complexity index is 1110. The average Bonchev–Trinajstić information content (AvgIpc) is 3.27. The standard InChI is InChI=1S/C21H20N2O5S2/c1-4-28-13-5-7-14-17(10-13)29-21(22-14)30-18-11-19(24)23(20(18)25)15-9-12(26-2)6-8-16(15)27-3/h5-10,18H,4,11H2,1-3H3/t18-/m0/s1. The first-order valence-electron chi connectivity index (χ1n) is 9.33. The van der Waals surface area contributed by atoms with Gasteiger partial charge in [-0.2, -0.15) is 0 Å². The Labute approximate surface area is 181 Å². The number of amides is 2. The van der Waals surface area contributed by atoms with Crippen molar-refractivity contribution in [2.24, 2.45) is 0 Å². The van der Waals surface area contributed by atoms with E-state index in [0.29, 0.717) is 23.8 Å². The van der Waals surface area contributed by atoms with E-state index in [2.05, 4.69) is 4.98 Å². The van der Waals surface area contributed by atoms with Gasteiger partial charge in [0.05, 0.1) is 36.7 Å². The number of rotatable bonds is 7. The predicted molar refractivity (Wildman–Crippen MR) is 117 cm³/mol. The molecular formula is C21H20N2O5S2. The molecule has 1 atom stereocenters. The third-order valence-electron chi connectivity index (χ3n) is 4.63. The largest absolute Gasteiger partial charge is 0.497 e. The van der Waals surface area contributed by atoms with Gasteiger partial charge in [-0.3, -0.25) is 9.59 Å². The molecule has 1 saturated heterocycles. The Morgan fingerprint density at radius 3 is 2.67 bits per heavy atom. The van der Waals surface area contributed by atoms with E-state index < -0.39 is 5.25 Å². The van der Waals surface area contributed by atoms with Gasteiger partial charge < -0.3 is 14.2 Å². The molecule has 0 radical (unpaired) electrons. The first-order chi connectivity index (χ1) is 14.5. The molecule has 30 heavy (non-hydrogen) atoms. The van der Waals surface area contributed by atoms with E-state index in [9.17, 15) is 9.59 Å². The first kappa shape index (κ1) is 20.5. The zero-order valence-electron chi connectivity index (χ0n) is 16.7. The van der Waals surface area contributed by atoms with E-state index in [1.54, 1.807) is 18.2 Å². The number of hydrogen-bond acceptors (Lipinski definition) is 8. The highest BCUT2D eigenvalue weighted by Crippen LogP contribution is 2.41. The van der Waals surface area contributed by atoms with Crippen LogP contribution in [0.15, 0.2) is 40.7 Å². The smallest absolute Gasteiger partial charge is 0.247 e. The van der Waals surface area contributed by atoms with E-state index in [0.717, 1.165) is 20.3 Å². The highest BCUT2D eigenvalue weighted by molar-refractivity contribution is 8.02. The number of thioether (sulfide) groups is 1. The number of hydrogen-bond donors (Lipinski definition) is 0. The van der Waals surface area contributed by atoms with E-state index in [4.69, 9.17) is 14.2 Å². The molecule has 9 heteroatoms. The molecule has 2 aromatic carbocycles. The summed E-state index contributed by atoms with van der Waals surface area (Å²) in [6.45, 7) is 2.53. The lowest BCUT2D eigenvalue weighted by Crippen LogP contribution is -2.31. The van der Waals surface area contributed by atoms with Crippen molar-refractivity contribution in [2.45, 2.75) is 22.9 Å². The van der Waals surface area contributed by atoms with Gasteiger partial charge >= 0.3 is 0 Å². The SMILES string of the molecule is CCOc1ccc2nc(S[C@H]3CC(=O)N(c4cc(OC)ccc4OC)C3=O)sc2c1. The second-order valence-corrected chi connectivity index (χ2v) is 8.94. The number of nitrogens with zero attached hydrogens (tertiary/aromatic N) is 2. The highest BCUT2D eigenvalue weighted by Gasteiger charge is 2.42. The molecule has 1 aliphatic rings. The molecule has 2 amide bonds. The van der Waals surface area contributed by atoms with Crippen LogP contribution in [-0.2, 0) is 9.59 Å². The molecule has 0 aliphatic carbocycles. The number of carbonyl (C=O) groups excluding carboxylic acids is 2. The molecule has 2 heterocycles. The Balaban J connectivity index is 1.58. The minimum Gasteiger partial charge on any atom is -0.497 e. The van der Waals surface area contributed by atoms with Gasteiger partial charge in [-0.25, -0.2) is 9.88 Å². The van der Waals surface area contributed by atoms with Gasteiger partial charge in [0.15, 0.2) is 4.34 Å². The summed E-state index contributed by atoms with van der Waals surface area (Å²) in [7, 11) is 3.03. The number of anilines is 1. The van der Waals surface area contributed by atoms with Crippen LogP contribution in [0.4, 0.5) is 5.69 Å². The van der Waals surface area contributed by atoms with Crippen LogP contribution in [0, 0.1) is 0 Å². The van der Waals surface area contributed by atoms with Gasteiger partial charge in [-0.1, -0.05) is 11.8 Å². The van der Waals surface area contributed by atoms with Crippen molar-refractivity contribution in [3.05, 3.63) is 36.4 Å². The lowest BCUT2D eigenvalue weighted by Gasteiger charge is -2.18. The number of aromatic nitrogens is 1. The molecule has 7 nitrogen and oxygen atoms in total. The second-order valence-electron chi connectivity index (χ2n) is 6.46. The number of imide groups is 1. The fourth-order valence-electron chi connectivity index (χ4n) is 3.23. The van der Waals surface area contributed by atoms with Gasteiger partial charge in [0, 0.05) is 12.5 Å². The molecule has 0 bridgehead atoms. The van der Waals surface area contributed by atoms with Crippen LogP contribution >= 0.6 is 23.1 Å². The van der Waals surface area contributed by atoms with Crippen molar-refractivity contribution in [1.82, 2.24) is 4.98 Å². The number of ether oxygens (including phenoxy) is 3. The van der Waals surface area contributed by atoms with Crippen molar-refractivity contribution < 1.29 is 23.8 Å². The summed E-state index contributed by atoms with van der Waals surface area (Å²) in [5.74, 6) is 1.20. The van der Waals surface area contributed by atoms with Crippen LogP contribution in [0.5, 0.6) is 17.2 Å². The summed E-state index contributed by atoms with van der Waals surface area (Å²) < 4.78 is 17.8. The van der Waals surface area contributed by atoms with Crippen molar-refractivity contribution in [1.29, 1.82) is 0 Å². The summed E-state index contributed by atoms with van der Waals surface area (Å²) in [4.78, 5) is 31.6. The lowest BCUT2D eigenvalue weighted by molar-refractivity contribution is -0.121. The molecule has 0 spiro atoms. The average molecular weight is 445 g/mol. The topological polar surface area (TPSA) is 78.0 Å². The maximum atomic E-state index is 13.1. The van der Waals surface area contributed by atoms with Crippen LogP contribution in [0.3, 0.4) is 0 Å². The minimum atomic E-state index is -0.541. The number of benzene rings is 2. The molecule has 1 aromatic heterocycles. The predicted octanol–water partition coefficient (Wildman–Crippen LogP) is 4.14. The lowest BCUT2D eigenvalue weighted by atomic mass is 10.2. The Morgan fingerprint density at radius 2 is 1.93 bits per heavy atom. The summed E-state index contributed by atoms with van der Waals surface area (Å²) in [5, 5.41) is -0.541. The maximum absolute atomic E-state index is 13.1. The van der Waals surface area contributed by atoms with Crippen LogP contribution < -0.4 is 19.1 Å². The zero-order chi connectivity index (χ0) is 21.3. The third kappa shape index (κ3) is 3.82. The number of fused-ring (bicyclic) bond motifs is 1. The highest BCUT2D eigenvalue weighted by atomic mass is 32.2. The second kappa shape index (κ2) is 8.53. The zero-order valence-corrected chi connectivity index (χ0v) is 18.3. The number of methoxy groups -OCH3 is 2. The first-order valence-corrected chi connectivity index (χ1v) is 11.0. The molecule has 1 aliphatic heterocycles. The summed E-state index contributed by atoms with van der Waals surface area (Å²) in [6, 6.07) is 10.7. The van der Waals surface area contributed by atoms with Gasteiger partial charge in [-0.05, 0) is 37.3 Å². The van der Waals surface area contributed by atoms with Crippen molar-refractivity contribution in [2.75, 3.05) is 25.7 Å². The van der Waals surface area contributed by atoms with Crippen LogP contribution in [0.1, 0.15) is 13.3 Å². The number of carbonyl (C=O) groups is 2. The summed E-state index contributed by atoms with van der Waals surface area (Å²) >= 11 is 2.80. The van der Waals surface area contributed by atoms with Crippen molar-refractivity contribution in [3.63, 3.8) is 0 Å². The normalized spacial score (nSPS) is 16.4. The number of thiazole rings is 1. The van der Waals surface area contributed by atoms with Gasteiger partial charge in [-0.15, -0.1) is 11.3 Å². The molecule has 0 N–H and O–H groups in total. The Kier molecular flexibility index (Phi) is 5.83. The Morgan fingerprint density at radius 1 is 1.13 bits per heavy atom. The molecule has 156 valence electrons. The molecule has 1 fully saturated rings. The summed E-state index contributed by atoms with van der Waals surface area (Å²) in [5.41, 5.74) is 1.23. The van der Waals surface area contributed by atoms with Crippen LogP contribution in [0.25, 0.3) is 10.2 Å². The summed E-state index contributed by atoms with van der Waals surface area (Å²) in [6.07, 6.45) is 0.101. The van der Waals surface area contributed by atoms with E-state index in [-0.39, 0.29) is 18.2 Å². The molecule has 0 unspecified atom stereocenters. The molecular weight excluding hydrogens is 424 g/mol. The fraction of sp³-hybridized carbons (Fsp3) is 0.286. The van der Waals surface area contributed by atoms with Crippen LogP contribution in [0.2, 0.25) is 0 Å². The fourth-order valence-corrected chi connectivity index (χ4v) is 5.60. The van der Waals surface area contributed by atoms with Gasteiger partial charge in [0.1, 0.15) is 22.5 Å². The van der Waals surface area contributed by atoms with Crippen molar-refractivity contribution in [3.8, 4) is 17.2 Å². The maximum Gasteiger partial charge on any atom is 0.247 e.